The fourth-order valence-corrected chi connectivity index (χ4v) is 3.65. The van der Waals surface area contributed by atoms with E-state index in [2.05, 4.69) is 22.6 Å². The summed E-state index contributed by atoms with van der Waals surface area (Å²) in [6.45, 7) is 1.73. The van der Waals surface area contributed by atoms with E-state index in [-0.39, 0.29) is 0 Å². The van der Waals surface area contributed by atoms with Crippen LogP contribution in [-0.2, 0) is 4.79 Å². The van der Waals surface area contributed by atoms with E-state index >= 15 is 0 Å². The van der Waals surface area contributed by atoms with Crippen LogP contribution in [0.3, 0.4) is 0 Å². The third kappa shape index (κ3) is 3.74. The number of carbonyl (C=O) groups is 1. The second-order valence-electron chi connectivity index (χ2n) is 3.15. The van der Waals surface area contributed by atoms with Crippen LogP contribution in [0, 0.1) is 7.14 Å². The lowest BCUT2D eigenvalue weighted by molar-refractivity contribution is -0.145. The van der Waals surface area contributed by atoms with Gasteiger partial charge < -0.3 is 9.84 Å². The van der Waals surface area contributed by atoms with Gasteiger partial charge in [0.1, 0.15) is 0 Å². The van der Waals surface area contributed by atoms with Crippen molar-refractivity contribution in [2.45, 2.75) is 19.4 Å². The first-order chi connectivity index (χ1) is 7.88. The third-order valence-electron chi connectivity index (χ3n) is 1.98. The van der Waals surface area contributed by atoms with Gasteiger partial charge in [-0.15, -0.1) is 0 Å². The number of carboxylic acid groups (broad SMARTS) is 1. The quantitative estimate of drug-likeness (QED) is 0.378. The predicted molar refractivity (Wildman–Crippen MR) is 84.2 cm³/mol. The van der Waals surface area contributed by atoms with Crippen molar-refractivity contribution in [1.29, 1.82) is 0 Å². The van der Waals surface area contributed by atoms with E-state index in [0.717, 1.165) is 3.57 Å². The van der Waals surface area contributed by atoms with E-state index < -0.39 is 12.1 Å². The van der Waals surface area contributed by atoms with E-state index in [4.69, 9.17) is 33.0 Å². The molecule has 0 aromatic heterocycles. The van der Waals surface area contributed by atoms with Crippen molar-refractivity contribution in [3.8, 4) is 5.75 Å². The van der Waals surface area contributed by atoms with Crippen LogP contribution >= 0.6 is 68.4 Å². The van der Waals surface area contributed by atoms with Gasteiger partial charge >= 0.3 is 5.97 Å². The molecule has 1 unspecified atom stereocenters. The maximum atomic E-state index is 10.9. The summed E-state index contributed by atoms with van der Waals surface area (Å²) >= 11 is 16.1. The van der Waals surface area contributed by atoms with Crippen molar-refractivity contribution < 1.29 is 14.6 Å². The Morgan fingerprint density at radius 3 is 2.59 bits per heavy atom. The van der Waals surface area contributed by atoms with Crippen LogP contribution in [0.25, 0.3) is 0 Å². The molecule has 0 amide bonds. The molecule has 0 aliphatic heterocycles. The van der Waals surface area contributed by atoms with Gasteiger partial charge in [-0.1, -0.05) is 30.1 Å². The van der Waals surface area contributed by atoms with Gasteiger partial charge in [0.05, 0.1) is 13.6 Å². The average Bonchev–Trinajstić information content (AvgIpc) is 2.26. The Bertz CT molecular complexity index is 452. The molecule has 0 heterocycles. The van der Waals surface area contributed by atoms with Crippen molar-refractivity contribution in [2.24, 2.45) is 0 Å². The molecular formula is C10H8Cl2I2O3. The molecule has 0 aliphatic rings. The van der Waals surface area contributed by atoms with E-state index in [9.17, 15) is 4.79 Å². The second kappa shape index (κ2) is 6.63. The molecular weight excluding hydrogens is 493 g/mol. The molecule has 0 radical (unpaired) electrons. The summed E-state index contributed by atoms with van der Waals surface area (Å²) in [6.07, 6.45) is -0.567. The Morgan fingerprint density at radius 2 is 2.12 bits per heavy atom. The average molecular weight is 501 g/mol. The van der Waals surface area contributed by atoms with Crippen molar-refractivity contribution in [3.05, 3.63) is 23.3 Å². The van der Waals surface area contributed by atoms with Gasteiger partial charge in [0.15, 0.2) is 11.9 Å². The Morgan fingerprint density at radius 1 is 1.53 bits per heavy atom. The Hall–Kier alpha value is 0.530. The number of halogens is 4. The maximum absolute atomic E-state index is 10.9. The molecule has 1 aromatic rings. The lowest BCUT2D eigenvalue weighted by Gasteiger charge is -2.16. The first-order valence-corrected chi connectivity index (χ1v) is 7.52. The molecule has 94 valence electrons. The SMILES string of the molecule is CCC(Oc1c(Cl)cc(I)c(Cl)c1I)C(=O)O. The largest absolute Gasteiger partial charge is 0.479 e. The highest BCUT2D eigenvalue weighted by molar-refractivity contribution is 14.1. The van der Waals surface area contributed by atoms with Crippen LogP contribution < -0.4 is 4.74 Å². The van der Waals surface area contributed by atoms with Gasteiger partial charge in [0, 0.05) is 3.57 Å². The number of hydrogen-bond donors (Lipinski definition) is 1. The van der Waals surface area contributed by atoms with E-state index in [1.807, 2.05) is 22.6 Å². The highest BCUT2D eigenvalue weighted by Gasteiger charge is 2.22. The summed E-state index contributed by atoms with van der Waals surface area (Å²) in [5.74, 6) is -0.694. The first kappa shape index (κ1) is 15.6. The molecule has 17 heavy (non-hydrogen) atoms. The molecule has 1 aromatic carbocycles. The van der Waals surface area contributed by atoms with Gasteiger partial charge in [-0.3, -0.25) is 0 Å². The summed E-state index contributed by atoms with van der Waals surface area (Å²) in [7, 11) is 0. The molecule has 7 heteroatoms. The van der Waals surface area contributed by atoms with Crippen LogP contribution in [0.1, 0.15) is 13.3 Å². The summed E-state index contributed by atoms with van der Waals surface area (Å²) < 4.78 is 6.82. The normalized spacial score (nSPS) is 12.3. The van der Waals surface area contributed by atoms with Crippen molar-refractivity contribution >= 4 is 74.4 Å². The standard InChI is InChI=1S/C10H8Cl2I2O3/c1-2-6(10(15)16)17-9-4(11)3-5(13)7(12)8(9)14/h3,6H,2H2,1H3,(H,15,16). The highest BCUT2D eigenvalue weighted by atomic mass is 127. The highest BCUT2D eigenvalue weighted by Crippen LogP contribution is 2.38. The molecule has 3 nitrogen and oxygen atoms in total. The van der Waals surface area contributed by atoms with Crippen LogP contribution in [0.5, 0.6) is 5.75 Å². The zero-order chi connectivity index (χ0) is 13.2. The van der Waals surface area contributed by atoms with Crippen molar-refractivity contribution in [2.75, 3.05) is 0 Å². The third-order valence-corrected chi connectivity index (χ3v) is 5.17. The Labute approximate surface area is 136 Å². The Kier molecular flexibility index (Phi) is 6.07. The second-order valence-corrected chi connectivity index (χ2v) is 6.18. The van der Waals surface area contributed by atoms with Gasteiger partial charge in [-0.25, -0.2) is 4.79 Å². The number of carboxylic acids is 1. The topological polar surface area (TPSA) is 46.5 Å². The molecule has 1 rings (SSSR count). The van der Waals surface area contributed by atoms with E-state index in [1.165, 1.54) is 0 Å². The smallest absolute Gasteiger partial charge is 0.344 e. The number of ether oxygens (including phenoxy) is 1. The van der Waals surface area contributed by atoms with Gasteiger partial charge in [-0.05, 0) is 57.7 Å². The molecule has 0 fully saturated rings. The van der Waals surface area contributed by atoms with Gasteiger partial charge in [0.2, 0.25) is 0 Å². The van der Waals surface area contributed by atoms with E-state index in [0.29, 0.717) is 25.8 Å². The zero-order valence-electron chi connectivity index (χ0n) is 8.64. The minimum atomic E-state index is -1.02. The predicted octanol–water partition coefficient (Wildman–Crippen LogP) is 4.44. The lowest BCUT2D eigenvalue weighted by Crippen LogP contribution is -2.26. The number of benzene rings is 1. The molecule has 0 spiro atoms. The summed E-state index contributed by atoms with van der Waals surface area (Å²) in [4.78, 5) is 10.9. The first-order valence-electron chi connectivity index (χ1n) is 4.60. The number of hydrogen-bond acceptors (Lipinski definition) is 2. The van der Waals surface area contributed by atoms with Crippen LogP contribution in [0.2, 0.25) is 10.0 Å². The zero-order valence-corrected chi connectivity index (χ0v) is 14.5. The van der Waals surface area contributed by atoms with Gasteiger partial charge in [-0.2, -0.15) is 0 Å². The molecule has 0 saturated carbocycles. The van der Waals surface area contributed by atoms with Crippen molar-refractivity contribution in [1.82, 2.24) is 0 Å². The van der Waals surface area contributed by atoms with Crippen LogP contribution in [-0.4, -0.2) is 17.2 Å². The summed E-state index contributed by atoms with van der Waals surface area (Å²) in [5, 5.41) is 9.82. The van der Waals surface area contributed by atoms with Crippen molar-refractivity contribution in [3.63, 3.8) is 0 Å². The monoisotopic (exact) mass is 500 g/mol. The lowest BCUT2D eigenvalue weighted by atomic mass is 10.2. The summed E-state index contributed by atoms with van der Waals surface area (Å²) in [5.41, 5.74) is 0. The van der Waals surface area contributed by atoms with E-state index in [1.54, 1.807) is 13.0 Å². The molecule has 0 saturated heterocycles. The molecule has 1 atom stereocenters. The van der Waals surface area contributed by atoms with Crippen LogP contribution in [0.15, 0.2) is 6.07 Å². The molecule has 0 aliphatic carbocycles. The number of rotatable bonds is 4. The van der Waals surface area contributed by atoms with Gasteiger partial charge in [0.25, 0.3) is 0 Å². The fourth-order valence-electron chi connectivity index (χ4n) is 1.11. The minimum absolute atomic E-state index is 0.326. The van der Waals surface area contributed by atoms with Crippen LogP contribution in [0.4, 0.5) is 0 Å². The number of aliphatic carboxylic acids is 1. The fraction of sp³-hybridized carbons (Fsp3) is 0.300. The molecule has 1 N–H and O–H groups in total. The Balaban J connectivity index is 3.14. The maximum Gasteiger partial charge on any atom is 0.344 e. The minimum Gasteiger partial charge on any atom is -0.479 e. The molecule has 0 bridgehead atoms. The summed E-state index contributed by atoms with van der Waals surface area (Å²) in [6, 6.07) is 1.65.